The van der Waals surface area contributed by atoms with Gasteiger partial charge in [0.2, 0.25) is 0 Å². The van der Waals surface area contributed by atoms with Gasteiger partial charge in [-0.3, -0.25) is 9.59 Å². The van der Waals surface area contributed by atoms with E-state index in [4.69, 9.17) is 0 Å². The van der Waals surface area contributed by atoms with Gasteiger partial charge in [-0.05, 0) is 43.3 Å². The lowest BCUT2D eigenvalue weighted by Crippen LogP contribution is -2.35. The zero-order valence-electron chi connectivity index (χ0n) is 13.7. The number of hydrogen-bond acceptors (Lipinski definition) is 3. The van der Waals surface area contributed by atoms with Crippen LogP contribution in [0.1, 0.15) is 32.7 Å². The number of halogens is 2. The van der Waals surface area contributed by atoms with Crippen LogP contribution in [-0.2, 0) is 0 Å². The molecule has 0 unspecified atom stereocenters. The molecule has 1 heterocycles. The molecule has 2 aromatic rings. The molecule has 6 heteroatoms. The van der Waals surface area contributed by atoms with Gasteiger partial charge in [0.05, 0.1) is 5.56 Å². The van der Waals surface area contributed by atoms with Gasteiger partial charge in [-0.15, -0.1) is 12.4 Å². The SMILES string of the molecule is Cl.O=C(c1ccc(Br)cc1)c1ccccc1C(=O)N1CCCNCC1. The van der Waals surface area contributed by atoms with Gasteiger partial charge >= 0.3 is 0 Å². The largest absolute Gasteiger partial charge is 0.337 e. The molecule has 0 saturated carbocycles. The molecule has 0 aromatic heterocycles. The molecular weight excluding hydrogens is 404 g/mol. The van der Waals surface area contributed by atoms with Crippen molar-refractivity contribution in [3.05, 3.63) is 69.7 Å². The van der Waals surface area contributed by atoms with Crippen molar-refractivity contribution in [2.75, 3.05) is 26.2 Å². The minimum atomic E-state index is -0.126. The number of ketones is 1. The molecule has 3 rings (SSSR count). The highest BCUT2D eigenvalue weighted by Crippen LogP contribution is 2.19. The Bertz CT molecular complexity index is 741. The number of hydrogen-bond donors (Lipinski definition) is 1. The summed E-state index contributed by atoms with van der Waals surface area (Å²) in [6.07, 6.45) is 0.925. The number of benzene rings is 2. The third-order valence-corrected chi connectivity index (χ3v) is 4.66. The molecule has 2 aromatic carbocycles. The molecule has 1 amide bonds. The lowest BCUT2D eigenvalue weighted by Gasteiger charge is -2.21. The Morgan fingerprint density at radius 3 is 2.32 bits per heavy atom. The maximum absolute atomic E-state index is 12.9. The van der Waals surface area contributed by atoms with Crippen molar-refractivity contribution in [2.24, 2.45) is 0 Å². The van der Waals surface area contributed by atoms with Gasteiger partial charge in [0.1, 0.15) is 0 Å². The molecule has 0 aliphatic carbocycles. The number of nitrogens with one attached hydrogen (secondary N) is 1. The van der Waals surface area contributed by atoms with E-state index in [1.807, 2.05) is 23.1 Å². The third-order valence-electron chi connectivity index (χ3n) is 4.14. The Kier molecular flexibility index (Phi) is 7.17. The minimum Gasteiger partial charge on any atom is -0.337 e. The summed E-state index contributed by atoms with van der Waals surface area (Å²) in [7, 11) is 0. The minimum absolute atomic E-state index is 0. The number of amides is 1. The van der Waals surface area contributed by atoms with Crippen LogP contribution in [0.25, 0.3) is 0 Å². The highest BCUT2D eigenvalue weighted by molar-refractivity contribution is 9.10. The monoisotopic (exact) mass is 422 g/mol. The smallest absolute Gasteiger partial charge is 0.254 e. The molecule has 1 saturated heterocycles. The first kappa shape index (κ1) is 19.6. The van der Waals surface area contributed by atoms with Crippen LogP contribution >= 0.6 is 28.3 Å². The van der Waals surface area contributed by atoms with E-state index in [-0.39, 0.29) is 24.1 Å². The van der Waals surface area contributed by atoms with E-state index >= 15 is 0 Å². The molecule has 4 nitrogen and oxygen atoms in total. The second-order valence-electron chi connectivity index (χ2n) is 5.78. The Balaban J connectivity index is 0.00000225. The van der Waals surface area contributed by atoms with E-state index in [2.05, 4.69) is 21.2 Å². The third kappa shape index (κ3) is 4.69. The molecule has 1 fully saturated rings. The van der Waals surface area contributed by atoms with E-state index in [1.54, 1.807) is 30.3 Å². The number of nitrogens with zero attached hydrogens (tertiary/aromatic N) is 1. The second-order valence-corrected chi connectivity index (χ2v) is 6.69. The zero-order chi connectivity index (χ0) is 16.9. The standard InChI is InChI=1S/C19H19BrN2O2.ClH/c20-15-8-6-14(7-9-15)18(23)16-4-1-2-5-17(16)19(24)22-12-3-10-21-11-13-22;/h1-2,4-9,21H,3,10-13H2;1H. The lowest BCUT2D eigenvalue weighted by molar-refractivity contribution is 0.0762. The summed E-state index contributed by atoms with van der Waals surface area (Å²) in [5.74, 6) is -0.195. The average Bonchev–Trinajstić information content (AvgIpc) is 2.90. The van der Waals surface area contributed by atoms with Crippen molar-refractivity contribution in [1.82, 2.24) is 10.2 Å². The highest BCUT2D eigenvalue weighted by Gasteiger charge is 2.22. The van der Waals surface area contributed by atoms with E-state index in [0.29, 0.717) is 29.8 Å². The normalized spacial score (nSPS) is 14.4. The van der Waals surface area contributed by atoms with Crippen molar-refractivity contribution in [3.63, 3.8) is 0 Å². The van der Waals surface area contributed by atoms with E-state index in [9.17, 15) is 9.59 Å². The Morgan fingerprint density at radius 2 is 1.60 bits per heavy atom. The van der Waals surface area contributed by atoms with Gasteiger partial charge in [0.15, 0.2) is 5.78 Å². The quantitative estimate of drug-likeness (QED) is 0.768. The van der Waals surface area contributed by atoms with Crippen molar-refractivity contribution in [3.8, 4) is 0 Å². The summed E-state index contributed by atoms with van der Waals surface area (Å²) < 4.78 is 0.917. The van der Waals surface area contributed by atoms with Gasteiger partial charge < -0.3 is 10.2 Å². The molecule has 0 spiro atoms. The van der Waals surface area contributed by atoms with Gasteiger partial charge in [0, 0.05) is 35.2 Å². The maximum atomic E-state index is 12.9. The van der Waals surface area contributed by atoms with Crippen LogP contribution in [0.5, 0.6) is 0 Å². The van der Waals surface area contributed by atoms with Crippen LogP contribution < -0.4 is 5.32 Å². The predicted molar refractivity (Wildman–Crippen MR) is 105 cm³/mol. The first-order valence-electron chi connectivity index (χ1n) is 8.06. The van der Waals surface area contributed by atoms with Gasteiger partial charge in [-0.25, -0.2) is 0 Å². The second kappa shape index (κ2) is 9.13. The zero-order valence-corrected chi connectivity index (χ0v) is 16.1. The fourth-order valence-corrected chi connectivity index (χ4v) is 3.11. The van der Waals surface area contributed by atoms with Crippen LogP contribution in [0.15, 0.2) is 53.0 Å². The van der Waals surface area contributed by atoms with E-state index in [1.165, 1.54) is 0 Å². The molecule has 1 aliphatic heterocycles. The summed E-state index contributed by atoms with van der Waals surface area (Å²) >= 11 is 3.37. The molecule has 0 bridgehead atoms. The van der Waals surface area contributed by atoms with Gasteiger partial charge in [-0.1, -0.05) is 34.1 Å². The van der Waals surface area contributed by atoms with E-state index < -0.39 is 0 Å². The molecule has 132 valence electrons. The highest BCUT2D eigenvalue weighted by atomic mass is 79.9. The Labute approximate surface area is 162 Å². The summed E-state index contributed by atoms with van der Waals surface area (Å²) in [6.45, 7) is 3.09. The number of carbonyl (C=O) groups excluding carboxylic acids is 2. The maximum Gasteiger partial charge on any atom is 0.254 e. The molecule has 1 N–H and O–H groups in total. The Hall–Kier alpha value is -1.69. The lowest BCUT2D eigenvalue weighted by atomic mass is 9.97. The molecule has 0 radical (unpaired) electrons. The molecule has 25 heavy (non-hydrogen) atoms. The summed E-state index contributed by atoms with van der Waals surface area (Å²) in [6, 6.07) is 14.3. The first-order chi connectivity index (χ1) is 11.7. The van der Waals surface area contributed by atoms with Crippen molar-refractivity contribution in [2.45, 2.75) is 6.42 Å². The van der Waals surface area contributed by atoms with Crippen molar-refractivity contribution in [1.29, 1.82) is 0 Å². The predicted octanol–water partition coefficient (Wildman–Crippen LogP) is 3.54. The van der Waals surface area contributed by atoms with Crippen LogP contribution in [0.4, 0.5) is 0 Å². The number of rotatable bonds is 3. The topological polar surface area (TPSA) is 49.4 Å². The average molecular weight is 424 g/mol. The summed E-state index contributed by atoms with van der Waals surface area (Å²) in [5.41, 5.74) is 1.52. The van der Waals surface area contributed by atoms with Crippen LogP contribution in [0.2, 0.25) is 0 Å². The first-order valence-corrected chi connectivity index (χ1v) is 8.85. The fraction of sp³-hybridized carbons (Fsp3) is 0.263. The molecular formula is C19H20BrClN2O2. The van der Waals surface area contributed by atoms with Crippen LogP contribution in [-0.4, -0.2) is 42.8 Å². The molecule has 0 atom stereocenters. The van der Waals surface area contributed by atoms with Gasteiger partial charge in [-0.2, -0.15) is 0 Å². The van der Waals surface area contributed by atoms with Crippen LogP contribution in [0, 0.1) is 0 Å². The number of carbonyl (C=O) groups is 2. The molecule has 1 aliphatic rings. The van der Waals surface area contributed by atoms with Crippen molar-refractivity contribution >= 4 is 40.0 Å². The van der Waals surface area contributed by atoms with E-state index in [0.717, 1.165) is 24.0 Å². The summed E-state index contributed by atoms with van der Waals surface area (Å²) in [4.78, 5) is 27.6. The van der Waals surface area contributed by atoms with Crippen molar-refractivity contribution < 1.29 is 9.59 Å². The Morgan fingerprint density at radius 1 is 0.920 bits per heavy atom. The van der Waals surface area contributed by atoms with Gasteiger partial charge in [0.25, 0.3) is 5.91 Å². The fourth-order valence-electron chi connectivity index (χ4n) is 2.84. The summed E-state index contributed by atoms with van der Waals surface area (Å²) in [5, 5.41) is 3.29. The van der Waals surface area contributed by atoms with Crippen LogP contribution in [0.3, 0.4) is 0 Å².